The Bertz CT molecular complexity index is 356. The number of aromatic nitrogens is 2. The van der Waals surface area contributed by atoms with Crippen LogP contribution in [0.4, 0.5) is 5.95 Å². The summed E-state index contributed by atoms with van der Waals surface area (Å²) in [7, 11) is 1.72. The highest BCUT2D eigenvalue weighted by molar-refractivity contribution is 5.28. The molecular weight excluding hydrogens is 226 g/mol. The van der Waals surface area contributed by atoms with Gasteiger partial charge in [-0.2, -0.15) is 0 Å². The molecule has 0 aromatic carbocycles. The van der Waals surface area contributed by atoms with Crippen LogP contribution >= 0.6 is 0 Å². The highest BCUT2D eigenvalue weighted by Gasteiger charge is 2.15. The summed E-state index contributed by atoms with van der Waals surface area (Å²) in [6.45, 7) is 4.70. The molecule has 1 heterocycles. The molecule has 1 N–H and O–H groups in total. The van der Waals surface area contributed by atoms with Crippen molar-refractivity contribution in [3.63, 3.8) is 0 Å². The van der Waals surface area contributed by atoms with Crippen molar-refractivity contribution in [1.29, 1.82) is 0 Å². The largest absolute Gasteiger partial charge is 0.383 e. The number of methoxy groups -OCH3 is 1. The van der Waals surface area contributed by atoms with Crippen LogP contribution in [0, 0.1) is 12.8 Å². The summed E-state index contributed by atoms with van der Waals surface area (Å²) in [5.74, 6) is 1.82. The predicted molar refractivity (Wildman–Crippen MR) is 73.9 cm³/mol. The Kier molecular flexibility index (Phi) is 5.05. The number of nitrogens with zero attached hydrogens (tertiary/aromatic N) is 2. The van der Waals surface area contributed by atoms with Crippen molar-refractivity contribution in [2.24, 2.45) is 5.92 Å². The van der Waals surface area contributed by atoms with E-state index in [0.29, 0.717) is 0 Å². The summed E-state index contributed by atoms with van der Waals surface area (Å²) in [5.41, 5.74) is 1.09. The maximum Gasteiger partial charge on any atom is 0.203 e. The quantitative estimate of drug-likeness (QED) is 0.790. The highest BCUT2D eigenvalue weighted by Crippen LogP contribution is 2.26. The molecule has 18 heavy (non-hydrogen) atoms. The van der Waals surface area contributed by atoms with E-state index in [1.807, 2.05) is 0 Å². The molecule has 0 atom stereocenters. The van der Waals surface area contributed by atoms with Gasteiger partial charge in [-0.3, -0.25) is 0 Å². The van der Waals surface area contributed by atoms with Gasteiger partial charge in [-0.25, -0.2) is 4.98 Å². The van der Waals surface area contributed by atoms with Gasteiger partial charge < -0.3 is 14.6 Å². The number of ether oxygens (including phenoxy) is 1. The summed E-state index contributed by atoms with van der Waals surface area (Å²) in [4.78, 5) is 4.54. The van der Waals surface area contributed by atoms with Crippen LogP contribution in [0.5, 0.6) is 0 Å². The summed E-state index contributed by atoms with van der Waals surface area (Å²) >= 11 is 0. The number of hydrogen-bond donors (Lipinski definition) is 1. The Labute approximate surface area is 110 Å². The van der Waals surface area contributed by atoms with E-state index in [2.05, 4.69) is 28.0 Å². The molecule has 4 nitrogen and oxygen atoms in total. The van der Waals surface area contributed by atoms with Gasteiger partial charge in [-0.15, -0.1) is 0 Å². The van der Waals surface area contributed by atoms with E-state index in [4.69, 9.17) is 4.74 Å². The van der Waals surface area contributed by atoms with Crippen molar-refractivity contribution in [3.05, 3.63) is 11.9 Å². The second kappa shape index (κ2) is 6.78. The van der Waals surface area contributed by atoms with Gasteiger partial charge in [0, 0.05) is 26.4 Å². The molecule has 0 radical (unpaired) electrons. The summed E-state index contributed by atoms with van der Waals surface area (Å²) in [6.07, 6.45) is 9.10. The zero-order valence-electron chi connectivity index (χ0n) is 11.6. The first-order valence-electron chi connectivity index (χ1n) is 7.06. The molecule has 2 rings (SSSR count). The number of imidazole rings is 1. The van der Waals surface area contributed by atoms with Gasteiger partial charge >= 0.3 is 0 Å². The first-order chi connectivity index (χ1) is 8.79. The van der Waals surface area contributed by atoms with E-state index in [-0.39, 0.29) is 0 Å². The van der Waals surface area contributed by atoms with Crippen molar-refractivity contribution in [2.45, 2.75) is 45.6 Å². The normalized spacial score (nSPS) is 17.0. The lowest BCUT2D eigenvalue weighted by Gasteiger charge is -2.22. The number of aryl methyl sites for hydroxylation is 1. The zero-order valence-corrected chi connectivity index (χ0v) is 11.6. The molecule has 1 aliphatic rings. The van der Waals surface area contributed by atoms with E-state index in [1.54, 1.807) is 7.11 Å². The van der Waals surface area contributed by atoms with Gasteiger partial charge in [0.25, 0.3) is 0 Å². The monoisotopic (exact) mass is 251 g/mol. The molecule has 0 saturated heterocycles. The molecule has 1 fully saturated rings. The van der Waals surface area contributed by atoms with Crippen molar-refractivity contribution < 1.29 is 4.74 Å². The smallest absolute Gasteiger partial charge is 0.203 e. The van der Waals surface area contributed by atoms with Crippen molar-refractivity contribution in [1.82, 2.24) is 9.55 Å². The Morgan fingerprint density at radius 3 is 2.89 bits per heavy atom. The molecule has 0 unspecified atom stereocenters. The van der Waals surface area contributed by atoms with E-state index in [9.17, 15) is 0 Å². The minimum atomic E-state index is 0.718. The van der Waals surface area contributed by atoms with Gasteiger partial charge in [-0.05, 0) is 25.7 Å². The third kappa shape index (κ3) is 3.73. The van der Waals surface area contributed by atoms with Crippen LogP contribution < -0.4 is 5.32 Å². The fourth-order valence-electron chi connectivity index (χ4n) is 2.74. The molecule has 4 heteroatoms. The van der Waals surface area contributed by atoms with Crippen LogP contribution in [0.2, 0.25) is 0 Å². The summed E-state index contributed by atoms with van der Waals surface area (Å²) in [6, 6.07) is 0. The second-order valence-electron chi connectivity index (χ2n) is 5.28. The minimum absolute atomic E-state index is 0.718. The van der Waals surface area contributed by atoms with Gasteiger partial charge in [0.05, 0.1) is 12.3 Å². The lowest BCUT2D eigenvalue weighted by molar-refractivity contribution is 0.210. The fraction of sp³-hybridized carbons (Fsp3) is 0.786. The number of nitrogens with one attached hydrogen (secondary N) is 1. The van der Waals surface area contributed by atoms with Crippen molar-refractivity contribution in [3.8, 4) is 0 Å². The van der Waals surface area contributed by atoms with Gasteiger partial charge in [0.15, 0.2) is 0 Å². The van der Waals surface area contributed by atoms with Crippen LogP contribution in [0.25, 0.3) is 0 Å². The number of hydrogen-bond acceptors (Lipinski definition) is 3. The topological polar surface area (TPSA) is 39.1 Å². The van der Waals surface area contributed by atoms with E-state index < -0.39 is 0 Å². The molecule has 0 aliphatic heterocycles. The van der Waals surface area contributed by atoms with Gasteiger partial charge in [0.2, 0.25) is 5.95 Å². The Morgan fingerprint density at radius 2 is 2.17 bits per heavy atom. The average Bonchev–Trinajstić information content (AvgIpc) is 2.71. The molecule has 1 aromatic rings. The number of anilines is 1. The van der Waals surface area contributed by atoms with Gasteiger partial charge in [-0.1, -0.05) is 19.3 Å². The third-order valence-electron chi connectivity index (χ3n) is 3.67. The highest BCUT2D eigenvalue weighted by atomic mass is 16.5. The molecule has 0 spiro atoms. The Balaban J connectivity index is 1.93. The van der Waals surface area contributed by atoms with Crippen molar-refractivity contribution >= 4 is 5.95 Å². The first-order valence-corrected chi connectivity index (χ1v) is 7.06. The molecule has 1 aliphatic carbocycles. The maximum atomic E-state index is 5.06. The van der Waals surface area contributed by atoms with Crippen molar-refractivity contribution in [2.75, 3.05) is 25.6 Å². The summed E-state index contributed by atoms with van der Waals surface area (Å²) < 4.78 is 7.34. The molecule has 1 aromatic heterocycles. The molecule has 0 amide bonds. The van der Waals surface area contributed by atoms with E-state index in [0.717, 1.165) is 37.3 Å². The van der Waals surface area contributed by atoms with E-state index in [1.165, 1.54) is 32.1 Å². The van der Waals surface area contributed by atoms with Crippen LogP contribution in [0.3, 0.4) is 0 Å². The average molecular weight is 251 g/mol. The predicted octanol–water partition coefficient (Wildman–Crippen LogP) is 2.83. The third-order valence-corrected chi connectivity index (χ3v) is 3.67. The molecule has 1 saturated carbocycles. The van der Waals surface area contributed by atoms with Crippen LogP contribution in [-0.2, 0) is 11.3 Å². The SMILES string of the molecule is COCCNc1nc(C)cn1CC1CCCCC1. The van der Waals surface area contributed by atoms with Crippen LogP contribution in [-0.4, -0.2) is 29.8 Å². The lowest BCUT2D eigenvalue weighted by atomic mass is 9.89. The van der Waals surface area contributed by atoms with Gasteiger partial charge in [0.1, 0.15) is 0 Å². The standard InChI is InChI=1S/C14H25N3O/c1-12-10-17(11-13-6-4-3-5-7-13)14(16-12)15-8-9-18-2/h10,13H,3-9,11H2,1-2H3,(H,15,16). The molecule has 102 valence electrons. The number of rotatable bonds is 6. The summed E-state index contributed by atoms with van der Waals surface area (Å²) in [5, 5.41) is 3.35. The van der Waals surface area contributed by atoms with Crippen LogP contribution in [0.15, 0.2) is 6.20 Å². The van der Waals surface area contributed by atoms with E-state index >= 15 is 0 Å². The molecular formula is C14H25N3O. The Hall–Kier alpha value is -1.03. The Morgan fingerprint density at radius 1 is 1.39 bits per heavy atom. The lowest BCUT2D eigenvalue weighted by Crippen LogP contribution is -2.17. The van der Waals surface area contributed by atoms with Crippen LogP contribution in [0.1, 0.15) is 37.8 Å². The minimum Gasteiger partial charge on any atom is -0.383 e. The molecule has 0 bridgehead atoms. The fourth-order valence-corrected chi connectivity index (χ4v) is 2.74. The first kappa shape index (κ1) is 13.4. The second-order valence-corrected chi connectivity index (χ2v) is 5.28. The maximum absolute atomic E-state index is 5.06. The zero-order chi connectivity index (χ0) is 12.8.